The largest absolute Gasteiger partial charge is 0.348 e. The molecule has 0 aliphatic carbocycles. The highest BCUT2D eigenvalue weighted by molar-refractivity contribution is 7.92. The van der Waals surface area contributed by atoms with Crippen molar-refractivity contribution in [2.45, 2.75) is 31.1 Å². The van der Waals surface area contributed by atoms with Gasteiger partial charge >= 0.3 is 0 Å². The molecule has 0 radical (unpaired) electrons. The van der Waals surface area contributed by atoms with Gasteiger partial charge in [0.05, 0.1) is 16.9 Å². The Hall–Kier alpha value is -4.25. The SMILES string of the molecule is CC(C)(C)c1[nH]cnc1/C=c1\[nH]c(=O)/c(=C/c2cccc(NS(=O)(=O)c3ccc(F)cc3)c2)[nH]c1=O. The zero-order chi connectivity index (χ0) is 26.1. The van der Waals surface area contributed by atoms with E-state index in [1.807, 2.05) is 20.8 Å². The molecule has 0 unspecified atom stereocenters. The first kappa shape index (κ1) is 24.9. The summed E-state index contributed by atoms with van der Waals surface area (Å²) in [5, 5.41) is 0.0457. The van der Waals surface area contributed by atoms with Crippen molar-refractivity contribution in [2.24, 2.45) is 0 Å². The lowest BCUT2D eigenvalue weighted by molar-refractivity contribution is 0.571. The van der Waals surface area contributed by atoms with Crippen molar-refractivity contribution in [3.8, 4) is 0 Å². The van der Waals surface area contributed by atoms with Gasteiger partial charge in [0.25, 0.3) is 21.1 Å². The fourth-order valence-electron chi connectivity index (χ4n) is 3.53. The number of rotatable bonds is 5. The predicted octanol–water partition coefficient (Wildman–Crippen LogP) is 1.68. The van der Waals surface area contributed by atoms with Crippen LogP contribution in [0.4, 0.5) is 10.1 Å². The van der Waals surface area contributed by atoms with Crippen LogP contribution in [0, 0.1) is 5.82 Å². The van der Waals surface area contributed by atoms with Gasteiger partial charge in [0, 0.05) is 16.8 Å². The Balaban J connectivity index is 1.68. The van der Waals surface area contributed by atoms with Crippen LogP contribution in [0.3, 0.4) is 0 Å². The first-order valence-corrected chi connectivity index (χ1v) is 12.4. The first-order valence-electron chi connectivity index (χ1n) is 10.9. The summed E-state index contributed by atoms with van der Waals surface area (Å²) in [6, 6.07) is 10.7. The van der Waals surface area contributed by atoms with Crippen LogP contribution in [0.1, 0.15) is 37.7 Å². The Morgan fingerprint density at radius 2 is 1.58 bits per heavy atom. The van der Waals surface area contributed by atoms with Crippen LogP contribution in [0.15, 0.2) is 69.3 Å². The maximum absolute atomic E-state index is 13.1. The molecule has 0 amide bonds. The van der Waals surface area contributed by atoms with E-state index in [4.69, 9.17) is 0 Å². The molecule has 0 saturated heterocycles. The molecule has 36 heavy (non-hydrogen) atoms. The summed E-state index contributed by atoms with van der Waals surface area (Å²) in [4.78, 5) is 37.7. The van der Waals surface area contributed by atoms with E-state index < -0.39 is 27.0 Å². The lowest BCUT2D eigenvalue weighted by Crippen LogP contribution is -2.46. The van der Waals surface area contributed by atoms with Crippen molar-refractivity contribution < 1.29 is 12.8 Å². The Morgan fingerprint density at radius 3 is 2.22 bits per heavy atom. The monoisotopic (exact) mass is 509 g/mol. The molecule has 0 fully saturated rings. The molecule has 0 bridgehead atoms. The molecule has 2 aromatic heterocycles. The van der Waals surface area contributed by atoms with Gasteiger partial charge in [-0.15, -0.1) is 0 Å². The highest BCUT2D eigenvalue weighted by Crippen LogP contribution is 2.23. The van der Waals surface area contributed by atoms with E-state index in [2.05, 4.69) is 24.7 Å². The fraction of sp³-hybridized carbons (Fsp3) is 0.160. The number of halogens is 1. The summed E-state index contributed by atoms with van der Waals surface area (Å²) in [6.07, 6.45) is 4.46. The minimum absolute atomic E-state index is 0.00577. The maximum atomic E-state index is 13.1. The van der Waals surface area contributed by atoms with Crippen molar-refractivity contribution in [3.05, 3.63) is 109 Å². The zero-order valence-corrected chi connectivity index (χ0v) is 20.5. The lowest BCUT2D eigenvalue weighted by Gasteiger charge is -2.16. The number of hydrogen-bond acceptors (Lipinski definition) is 5. The topological polar surface area (TPSA) is 141 Å². The number of hydrogen-bond donors (Lipinski definition) is 4. The number of anilines is 1. The second-order valence-electron chi connectivity index (χ2n) is 9.12. The lowest BCUT2D eigenvalue weighted by atomic mass is 9.90. The summed E-state index contributed by atoms with van der Waals surface area (Å²) >= 11 is 0. The molecule has 186 valence electrons. The van der Waals surface area contributed by atoms with E-state index in [9.17, 15) is 22.4 Å². The molecule has 0 aliphatic rings. The molecule has 4 aromatic rings. The molecule has 0 atom stereocenters. The second kappa shape index (κ2) is 9.42. The molecular weight excluding hydrogens is 485 g/mol. The Kier molecular flexibility index (Phi) is 6.51. The smallest absolute Gasteiger partial charge is 0.272 e. The van der Waals surface area contributed by atoms with E-state index in [0.717, 1.165) is 30.0 Å². The van der Waals surface area contributed by atoms with Gasteiger partial charge in [-0.2, -0.15) is 0 Å². The zero-order valence-electron chi connectivity index (χ0n) is 19.7. The number of benzene rings is 2. The summed E-state index contributed by atoms with van der Waals surface area (Å²) in [7, 11) is -3.95. The molecule has 9 nitrogen and oxygen atoms in total. The molecule has 0 spiro atoms. The van der Waals surface area contributed by atoms with Gasteiger partial charge in [-0.3, -0.25) is 14.3 Å². The summed E-state index contributed by atoms with van der Waals surface area (Å²) in [6.45, 7) is 5.99. The van der Waals surface area contributed by atoms with E-state index in [1.54, 1.807) is 12.1 Å². The third-order valence-corrected chi connectivity index (χ3v) is 6.66. The van der Waals surface area contributed by atoms with Crippen molar-refractivity contribution in [3.63, 3.8) is 0 Å². The number of aromatic amines is 3. The summed E-state index contributed by atoms with van der Waals surface area (Å²) < 4.78 is 40.7. The number of nitrogens with zero attached hydrogens (tertiary/aromatic N) is 1. The third kappa shape index (κ3) is 5.52. The number of imidazole rings is 1. The van der Waals surface area contributed by atoms with E-state index in [1.165, 1.54) is 30.6 Å². The van der Waals surface area contributed by atoms with E-state index in [-0.39, 0.29) is 26.7 Å². The van der Waals surface area contributed by atoms with Crippen LogP contribution in [-0.2, 0) is 15.4 Å². The van der Waals surface area contributed by atoms with E-state index >= 15 is 0 Å². The van der Waals surface area contributed by atoms with Crippen LogP contribution in [-0.4, -0.2) is 28.4 Å². The van der Waals surface area contributed by atoms with Gasteiger partial charge < -0.3 is 15.0 Å². The summed E-state index contributed by atoms with van der Waals surface area (Å²) in [5.41, 5.74) is 0.758. The fourth-order valence-corrected chi connectivity index (χ4v) is 4.58. The van der Waals surface area contributed by atoms with Crippen molar-refractivity contribution in [1.82, 2.24) is 19.9 Å². The highest BCUT2D eigenvalue weighted by Gasteiger charge is 2.19. The average Bonchev–Trinajstić information content (AvgIpc) is 3.26. The van der Waals surface area contributed by atoms with Crippen LogP contribution < -0.4 is 26.5 Å². The van der Waals surface area contributed by atoms with Crippen LogP contribution in [0.25, 0.3) is 12.2 Å². The standard InChI is InChI=1S/C25H24FN5O4S/c1-25(2,3)22-19(27-14-28-22)13-21-24(33)29-20(23(32)30-21)12-15-5-4-6-17(11-15)31-36(34,35)18-9-7-16(26)8-10-18/h4-14,31H,1-3H3,(H,27,28)(H,29,33)(H,30,32)/b20-12-,21-13-. The molecule has 2 aromatic carbocycles. The Bertz CT molecular complexity index is 1760. The average molecular weight is 510 g/mol. The normalized spacial score (nSPS) is 13.2. The third-order valence-electron chi connectivity index (χ3n) is 5.26. The maximum Gasteiger partial charge on any atom is 0.272 e. The van der Waals surface area contributed by atoms with Gasteiger partial charge in [0.15, 0.2) is 0 Å². The van der Waals surface area contributed by atoms with Gasteiger partial charge in [0.2, 0.25) is 0 Å². The predicted molar refractivity (Wildman–Crippen MR) is 135 cm³/mol. The molecular formula is C25H24FN5O4S. The van der Waals surface area contributed by atoms with Crippen molar-refractivity contribution in [1.29, 1.82) is 0 Å². The second-order valence-corrected chi connectivity index (χ2v) is 10.8. The minimum Gasteiger partial charge on any atom is -0.348 e. The van der Waals surface area contributed by atoms with Crippen LogP contribution in [0.5, 0.6) is 0 Å². The molecule has 0 aliphatic heterocycles. The van der Waals surface area contributed by atoms with Gasteiger partial charge in [-0.25, -0.2) is 17.8 Å². The molecule has 11 heteroatoms. The molecule has 4 rings (SSSR count). The molecule has 4 N–H and O–H groups in total. The Labute approximate surface area is 205 Å². The number of aromatic nitrogens is 4. The minimum atomic E-state index is -3.95. The highest BCUT2D eigenvalue weighted by atomic mass is 32.2. The van der Waals surface area contributed by atoms with Gasteiger partial charge in [-0.05, 0) is 54.1 Å². The summed E-state index contributed by atoms with van der Waals surface area (Å²) in [5.74, 6) is -0.549. The quantitative estimate of drug-likeness (QED) is 0.324. The first-order chi connectivity index (χ1) is 16.9. The van der Waals surface area contributed by atoms with Gasteiger partial charge in [-0.1, -0.05) is 32.9 Å². The van der Waals surface area contributed by atoms with E-state index in [0.29, 0.717) is 11.3 Å². The van der Waals surface area contributed by atoms with Crippen LogP contribution >= 0.6 is 0 Å². The molecule has 0 saturated carbocycles. The van der Waals surface area contributed by atoms with Gasteiger partial charge in [0.1, 0.15) is 16.5 Å². The van der Waals surface area contributed by atoms with Crippen molar-refractivity contribution in [2.75, 3.05) is 4.72 Å². The van der Waals surface area contributed by atoms with Crippen LogP contribution in [0.2, 0.25) is 0 Å². The number of H-pyrrole nitrogens is 3. The Morgan fingerprint density at radius 1 is 0.944 bits per heavy atom. The van der Waals surface area contributed by atoms with Crippen molar-refractivity contribution >= 4 is 27.9 Å². The molecule has 2 heterocycles. The number of sulfonamides is 1. The number of nitrogens with one attached hydrogen (secondary N) is 4.